The first-order chi connectivity index (χ1) is 10.3. The van der Waals surface area contributed by atoms with E-state index in [1.54, 1.807) is 7.11 Å². The molecule has 0 saturated heterocycles. The Morgan fingerprint density at radius 2 is 1.76 bits per heavy atom. The van der Waals surface area contributed by atoms with E-state index in [-0.39, 0.29) is 18.2 Å². The summed E-state index contributed by atoms with van der Waals surface area (Å²) in [7, 11) is 3.56. The van der Waals surface area contributed by atoms with Crippen LogP contribution in [-0.4, -0.2) is 77.2 Å². The summed E-state index contributed by atoms with van der Waals surface area (Å²) in [4.78, 5) is 0. The Labute approximate surface area is 128 Å². The van der Waals surface area contributed by atoms with Crippen molar-refractivity contribution in [2.45, 2.75) is 37.3 Å². The van der Waals surface area contributed by atoms with Crippen LogP contribution >= 0.6 is 0 Å². The van der Waals surface area contributed by atoms with Crippen molar-refractivity contribution in [3.63, 3.8) is 0 Å². The lowest BCUT2D eigenvalue weighted by molar-refractivity contribution is -0.0440. The summed E-state index contributed by atoms with van der Waals surface area (Å²) in [6.45, 7) is 3.71. The quantitative estimate of drug-likeness (QED) is 0.514. The zero-order valence-electron chi connectivity index (χ0n) is 13.4. The van der Waals surface area contributed by atoms with Crippen molar-refractivity contribution in [3.05, 3.63) is 0 Å². The number of nitrogens with one attached hydrogen (secondary N) is 1. The van der Waals surface area contributed by atoms with Crippen molar-refractivity contribution >= 4 is 0 Å². The summed E-state index contributed by atoms with van der Waals surface area (Å²) >= 11 is 0. The lowest BCUT2D eigenvalue weighted by Crippen LogP contribution is -2.51. The van der Waals surface area contributed by atoms with Gasteiger partial charge in [0.25, 0.3) is 0 Å². The van der Waals surface area contributed by atoms with Crippen LogP contribution in [-0.2, 0) is 18.9 Å². The molecule has 0 aliphatic heterocycles. The number of rotatable bonds is 12. The Bertz CT molecular complexity index is 248. The number of aliphatic hydroxyl groups excluding tert-OH is 1. The third-order valence-electron chi connectivity index (χ3n) is 4.02. The zero-order chi connectivity index (χ0) is 15.4. The molecule has 0 aromatic carbocycles. The van der Waals surface area contributed by atoms with Crippen LogP contribution in [0.4, 0.5) is 0 Å². The average molecular weight is 305 g/mol. The standard InChI is InChI=1S/C15H31NO5/c1-16-15(13-17)5-3-4-14(12-15)21-11-10-20-9-8-19-7-6-18-2/h14,16-17H,3-13H2,1-2H3. The predicted octanol–water partition coefficient (Wildman–Crippen LogP) is 0.576. The molecular formula is C15H31NO5. The van der Waals surface area contributed by atoms with E-state index < -0.39 is 0 Å². The lowest BCUT2D eigenvalue weighted by Gasteiger charge is -2.39. The van der Waals surface area contributed by atoms with Gasteiger partial charge >= 0.3 is 0 Å². The van der Waals surface area contributed by atoms with E-state index in [4.69, 9.17) is 18.9 Å². The molecule has 1 rings (SSSR count). The van der Waals surface area contributed by atoms with E-state index in [9.17, 15) is 5.11 Å². The van der Waals surface area contributed by atoms with Gasteiger partial charge in [-0.2, -0.15) is 0 Å². The van der Waals surface area contributed by atoms with Gasteiger partial charge in [-0.3, -0.25) is 0 Å². The fraction of sp³-hybridized carbons (Fsp3) is 1.00. The Kier molecular flexibility index (Phi) is 10.2. The van der Waals surface area contributed by atoms with Crippen LogP contribution in [0.1, 0.15) is 25.7 Å². The Balaban J connectivity index is 2.00. The van der Waals surface area contributed by atoms with Gasteiger partial charge in [0, 0.05) is 12.6 Å². The van der Waals surface area contributed by atoms with Crippen LogP contribution in [0.15, 0.2) is 0 Å². The highest BCUT2D eigenvalue weighted by Crippen LogP contribution is 2.29. The molecule has 1 aliphatic carbocycles. The third-order valence-corrected chi connectivity index (χ3v) is 4.02. The minimum atomic E-state index is -0.168. The summed E-state index contributed by atoms with van der Waals surface area (Å²) in [5.41, 5.74) is -0.168. The molecule has 0 bridgehead atoms. The van der Waals surface area contributed by atoms with E-state index in [1.165, 1.54) is 0 Å². The summed E-state index contributed by atoms with van der Waals surface area (Å²) in [5.74, 6) is 0. The van der Waals surface area contributed by atoms with Gasteiger partial charge in [0.05, 0.1) is 52.4 Å². The van der Waals surface area contributed by atoms with E-state index >= 15 is 0 Å². The van der Waals surface area contributed by atoms with Crippen LogP contribution in [0, 0.1) is 0 Å². The predicted molar refractivity (Wildman–Crippen MR) is 80.6 cm³/mol. The summed E-state index contributed by atoms with van der Waals surface area (Å²) < 4.78 is 21.5. The SMILES string of the molecule is CNC1(CO)CCCC(OCCOCCOCCOC)C1. The van der Waals surface area contributed by atoms with Crippen molar-refractivity contribution in [2.75, 3.05) is 60.4 Å². The van der Waals surface area contributed by atoms with Crippen molar-refractivity contribution in [1.29, 1.82) is 0 Å². The minimum Gasteiger partial charge on any atom is -0.394 e. The van der Waals surface area contributed by atoms with Crippen LogP contribution in [0.25, 0.3) is 0 Å². The minimum absolute atomic E-state index is 0.165. The van der Waals surface area contributed by atoms with Crippen molar-refractivity contribution in [2.24, 2.45) is 0 Å². The molecule has 0 aromatic heterocycles. The number of hydrogen-bond donors (Lipinski definition) is 2. The van der Waals surface area contributed by atoms with Crippen LogP contribution in [0.2, 0.25) is 0 Å². The fourth-order valence-corrected chi connectivity index (χ4v) is 2.64. The first kappa shape index (κ1) is 18.8. The molecule has 6 nitrogen and oxygen atoms in total. The normalized spacial score (nSPS) is 26.1. The lowest BCUT2D eigenvalue weighted by atomic mass is 9.81. The van der Waals surface area contributed by atoms with Crippen LogP contribution in [0.3, 0.4) is 0 Å². The van der Waals surface area contributed by atoms with Gasteiger partial charge in [0.1, 0.15) is 0 Å². The van der Waals surface area contributed by atoms with E-state index in [0.29, 0.717) is 39.6 Å². The Hall–Kier alpha value is -0.240. The van der Waals surface area contributed by atoms with Crippen molar-refractivity contribution in [1.82, 2.24) is 5.32 Å². The molecule has 2 atom stereocenters. The summed E-state index contributed by atoms with van der Waals surface area (Å²) in [6, 6.07) is 0. The Morgan fingerprint density at radius 1 is 1.10 bits per heavy atom. The highest BCUT2D eigenvalue weighted by molar-refractivity contribution is 4.92. The van der Waals surface area contributed by atoms with Gasteiger partial charge in [0.2, 0.25) is 0 Å². The molecule has 126 valence electrons. The third kappa shape index (κ3) is 7.54. The molecule has 21 heavy (non-hydrogen) atoms. The summed E-state index contributed by atoms with van der Waals surface area (Å²) in [5, 5.41) is 12.8. The number of aliphatic hydroxyl groups is 1. The fourth-order valence-electron chi connectivity index (χ4n) is 2.64. The molecule has 0 amide bonds. The van der Waals surface area contributed by atoms with Crippen molar-refractivity contribution in [3.8, 4) is 0 Å². The molecule has 2 N–H and O–H groups in total. The molecule has 0 aromatic rings. The van der Waals surface area contributed by atoms with E-state index in [0.717, 1.165) is 25.7 Å². The number of likely N-dealkylation sites (N-methyl/N-ethyl adjacent to an activating group) is 1. The van der Waals surface area contributed by atoms with Gasteiger partial charge in [-0.25, -0.2) is 0 Å². The molecule has 1 fully saturated rings. The first-order valence-corrected chi connectivity index (χ1v) is 7.82. The smallest absolute Gasteiger partial charge is 0.0704 e. The second kappa shape index (κ2) is 11.3. The molecule has 1 saturated carbocycles. The number of methoxy groups -OCH3 is 1. The van der Waals surface area contributed by atoms with Gasteiger partial charge in [-0.1, -0.05) is 0 Å². The Morgan fingerprint density at radius 3 is 2.38 bits per heavy atom. The van der Waals surface area contributed by atoms with Crippen LogP contribution < -0.4 is 5.32 Å². The maximum atomic E-state index is 9.52. The number of hydrogen-bond acceptors (Lipinski definition) is 6. The monoisotopic (exact) mass is 305 g/mol. The highest BCUT2D eigenvalue weighted by Gasteiger charge is 2.34. The highest BCUT2D eigenvalue weighted by atomic mass is 16.6. The van der Waals surface area contributed by atoms with E-state index in [1.807, 2.05) is 7.05 Å². The van der Waals surface area contributed by atoms with E-state index in [2.05, 4.69) is 5.32 Å². The van der Waals surface area contributed by atoms with Crippen molar-refractivity contribution < 1.29 is 24.1 Å². The molecular weight excluding hydrogens is 274 g/mol. The van der Waals surface area contributed by atoms with Crippen LogP contribution in [0.5, 0.6) is 0 Å². The second-order valence-electron chi connectivity index (χ2n) is 5.50. The molecule has 6 heteroatoms. The topological polar surface area (TPSA) is 69.2 Å². The maximum Gasteiger partial charge on any atom is 0.0704 e. The number of ether oxygens (including phenoxy) is 4. The van der Waals surface area contributed by atoms with Gasteiger partial charge in [0.15, 0.2) is 0 Å². The average Bonchev–Trinajstić information content (AvgIpc) is 2.53. The molecule has 2 unspecified atom stereocenters. The maximum absolute atomic E-state index is 9.52. The van der Waals surface area contributed by atoms with Gasteiger partial charge < -0.3 is 29.4 Å². The van der Waals surface area contributed by atoms with Gasteiger partial charge in [-0.15, -0.1) is 0 Å². The molecule has 1 aliphatic rings. The first-order valence-electron chi connectivity index (χ1n) is 7.82. The second-order valence-corrected chi connectivity index (χ2v) is 5.50. The largest absolute Gasteiger partial charge is 0.394 e. The summed E-state index contributed by atoms with van der Waals surface area (Å²) in [6.07, 6.45) is 4.22. The molecule has 0 spiro atoms. The molecule has 0 heterocycles. The zero-order valence-corrected chi connectivity index (χ0v) is 13.4. The molecule has 0 radical (unpaired) electrons. The van der Waals surface area contributed by atoms with Gasteiger partial charge in [-0.05, 0) is 32.7 Å².